The number of halogens is 2. The topological polar surface area (TPSA) is 107 Å². The standard InChI is InChI=1S/C22H21F2N5O3S/c1-2-31-20(30)18-26-27-21(32-18)29-22(11-6-12-25,14-7-4-3-5-8-14)33-19(28-29)16-13-15(23)9-10-17(16)24/h3-5,7-10,13H,2,6,11-12,25H2,1H3. The molecule has 0 aliphatic carbocycles. The largest absolute Gasteiger partial charge is 0.459 e. The number of ether oxygens (including phenoxy) is 1. The Morgan fingerprint density at radius 2 is 2.00 bits per heavy atom. The van der Waals surface area contributed by atoms with Gasteiger partial charge in [0.25, 0.3) is 0 Å². The number of hydrazone groups is 1. The molecule has 4 rings (SSSR count). The molecule has 0 saturated carbocycles. The Labute approximate surface area is 192 Å². The fraction of sp³-hybridized carbons (Fsp3) is 0.273. The molecular weight excluding hydrogens is 452 g/mol. The van der Waals surface area contributed by atoms with Gasteiger partial charge in [-0.25, -0.2) is 13.6 Å². The van der Waals surface area contributed by atoms with E-state index < -0.39 is 22.5 Å². The van der Waals surface area contributed by atoms with E-state index in [1.807, 2.05) is 30.3 Å². The minimum atomic E-state index is -0.951. The van der Waals surface area contributed by atoms with Crippen molar-refractivity contribution in [3.8, 4) is 0 Å². The SMILES string of the molecule is CCOC(=O)c1nnc(N2N=C(c3cc(F)ccc3F)SC2(CCCN)c2ccccc2)o1. The molecule has 1 aliphatic rings. The molecule has 1 unspecified atom stereocenters. The maximum atomic E-state index is 14.6. The molecule has 1 aliphatic heterocycles. The predicted octanol–water partition coefficient (Wildman–Crippen LogP) is 4.03. The lowest BCUT2D eigenvalue weighted by Crippen LogP contribution is -2.38. The van der Waals surface area contributed by atoms with Crippen LogP contribution in [0.1, 0.15) is 41.6 Å². The van der Waals surface area contributed by atoms with Crippen LogP contribution >= 0.6 is 11.8 Å². The predicted molar refractivity (Wildman–Crippen MR) is 120 cm³/mol. The van der Waals surface area contributed by atoms with E-state index >= 15 is 0 Å². The summed E-state index contributed by atoms with van der Waals surface area (Å²) in [4.78, 5) is 11.1. The Balaban J connectivity index is 1.85. The third-order valence-corrected chi connectivity index (χ3v) is 6.39. The van der Waals surface area contributed by atoms with Crippen LogP contribution in [0.25, 0.3) is 0 Å². The van der Waals surface area contributed by atoms with Gasteiger partial charge in [-0.2, -0.15) is 10.1 Å². The quantitative estimate of drug-likeness (QED) is 0.489. The summed E-state index contributed by atoms with van der Waals surface area (Å²) in [6.07, 6.45) is 1.06. The van der Waals surface area contributed by atoms with E-state index in [-0.39, 0.29) is 29.1 Å². The van der Waals surface area contributed by atoms with Gasteiger partial charge in [0, 0.05) is 5.56 Å². The molecule has 33 heavy (non-hydrogen) atoms. The zero-order chi connectivity index (χ0) is 23.4. The number of rotatable bonds is 8. The first-order chi connectivity index (χ1) is 16.0. The molecule has 0 amide bonds. The molecule has 1 aromatic heterocycles. The number of nitrogens with two attached hydrogens (primary N) is 1. The molecule has 0 fully saturated rings. The molecule has 0 bridgehead atoms. The monoisotopic (exact) mass is 473 g/mol. The van der Waals surface area contributed by atoms with Crippen molar-refractivity contribution in [2.24, 2.45) is 10.8 Å². The number of benzene rings is 2. The summed E-state index contributed by atoms with van der Waals surface area (Å²) in [5, 5.41) is 14.0. The summed E-state index contributed by atoms with van der Waals surface area (Å²) in [5.41, 5.74) is 6.62. The lowest BCUT2D eigenvalue weighted by atomic mass is 10.0. The van der Waals surface area contributed by atoms with Crippen molar-refractivity contribution in [3.05, 3.63) is 77.2 Å². The molecule has 8 nitrogen and oxygen atoms in total. The van der Waals surface area contributed by atoms with E-state index in [0.717, 1.165) is 23.8 Å². The third kappa shape index (κ3) is 4.46. The molecular formula is C22H21F2N5O3S. The molecule has 172 valence electrons. The number of thioether (sulfide) groups is 1. The van der Waals surface area contributed by atoms with Gasteiger partial charge in [-0.3, -0.25) is 0 Å². The maximum Gasteiger partial charge on any atom is 0.396 e. The molecule has 0 radical (unpaired) electrons. The van der Waals surface area contributed by atoms with Gasteiger partial charge in [0.1, 0.15) is 21.5 Å². The van der Waals surface area contributed by atoms with Gasteiger partial charge in [0.05, 0.1) is 6.61 Å². The summed E-state index contributed by atoms with van der Waals surface area (Å²) < 4.78 is 39.1. The van der Waals surface area contributed by atoms with Crippen LogP contribution in [-0.4, -0.2) is 34.4 Å². The molecule has 1 atom stereocenters. The summed E-state index contributed by atoms with van der Waals surface area (Å²) in [6, 6.07) is 12.4. The summed E-state index contributed by atoms with van der Waals surface area (Å²) in [7, 11) is 0. The van der Waals surface area contributed by atoms with Crippen LogP contribution in [0.4, 0.5) is 14.8 Å². The van der Waals surface area contributed by atoms with Crippen LogP contribution in [0, 0.1) is 11.6 Å². The minimum absolute atomic E-state index is 0.000635. The first-order valence-electron chi connectivity index (χ1n) is 10.3. The van der Waals surface area contributed by atoms with E-state index in [0.29, 0.717) is 19.4 Å². The summed E-state index contributed by atoms with van der Waals surface area (Å²) >= 11 is 1.23. The average Bonchev–Trinajstić information content (AvgIpc) is 3.46. The van der Waals surface area contributed by atoms with Crippen LogP contribution in [0.5, 0.6) is 0 Å². The Morgan fingerprint density at radius 3 is 2.73 bits per heavy atom. The van der Waals surface area contributed by atoms with Crippen LogP contribution in [0.15, 0.2) is 58.0 Å². The Hall–Kier alpha value is -3.31. The van der Waals surface area contributed by atoms with Crippen molar-refractivity contribution in [1.29, 1.82) is 0 Å². The number of hydrogen-bond donors (Lipinski definition) is 1. The second kappa shape index (κ2) is 9.67. The first-order valence-corrected chi connectivity index (χ1v) is 11.1. The van der Waals surface area contributed by atoms with Crippen molar-refractivity contribution in [3.63, 3.8) is 0 Å². The van der Waals surface area contributed by atoms with Crippen molar-refractivity contribution in [2.45, 2.75) is 24.6 Å². The summed E-state index contributed by atoms with van der Waals surface area (Å²) in [5.74, 6) is -2.32. The number of hydrogen-bond acceptors (Lipinski definition) is 9. The maximum absolute atomic E-state index is 14.6. The second-order valence-electron chi connectivity index (χ2n) is 7.10. The van der Waals surface area contributed by atoms with Gasteiger partial charge in [-0.05, 0) is 50.1 Å². The number of anilines is 1. The average molecular weight is 474 g/mol. The zero-order valence-corrected chi connectivity index (χ0v) is 18.5. The molecule has 2 aromatic carbocycles. The summed E-state index contributed by atoms with van der Waals surface area (Å²) in [6.45, 7) is 2.19. The van der Waals surface area contributed by atoms with Gasteiger partial charge in [-0.15, -0.1) is 0 Å². The fourth-order valence-corrected chi connectivity index (χ4v) is 4.88. The molecule has 0 spiro atoms. The Morgan fingerprint density at radius 1 is 1.21 bits per heavy atom. The Bertz CT molecular complexity index is 1170. The smallest absolute Gasteiger partial charge is 0.396 e. The highest BCUT2D eigenvalue weighted by molar-refractivity contribution is 8.15. The van der Waals surface area contributed by atoms with Gasteiger partial charge in [0.2, 0.25) is 0 Å². The zero-order valence-electron chi connectivity index (χ0n) is 17.7. The van der Waals surface area contributed by atoms with E-state index in [2.05, 4.69) is 15.3 Å². The highest BCUT2D eigenvalue weighted by Gasteiger charge is 2.48. The van der Waals surface area contributed by atoms with Crippen LogP contribution in [-0.2, 0) is 9.61 Å². The molecule has 0 saturated heterocycles. The van der Waals surface area contributed by atoms with Crippen molar-refractivity contribution >= 4 is 28.8 Å². The molecule has 3 aromatic rings. The molecule has 2 N–H and O–H groups in total. The Kier molecular flexibility index (Phi) is 6.70. The molecule has 2 heterocycles. The van der Waals surface area contributed by atoms with Crippen molar-refractivity contribution < 1.29 is 22.7 Å². The second-order valence-corrected chi connectivity index (χ2v) is 8.36. The highest BCUT2D eigenvalue weighted by atomic mass is 32.2. The van der Waals surface area contributed by atoms with Crippen molar-refractivity contribution in [1.82, 2.24) is 10.2 Å². The van der Waals surface area contributed by atoms with Crippen LogP contribution in [0.2, 0.25) is 0 Å². The number of aromatic nitrogens is 2. The lowest BCUT2D eigenvalue weighted by molar-refractivity contribution is 0.0481. The van der Waals surface area contributed by atoms with Gasteiger partial charge < -0.3 is 14.9 Å². The van der Waals surface area contributed by atoms with Gasteiger partial charge >= 0.3 is 17.9 Å². The third-order valence-electron chi connectivity index (χ3n) is 4.95. The minimum Gasteiger partial charge on any atom is -0.459 e. The first kappa shape index (κ1) is 22.9. The van der Waals surface area contributed by atoms with E-state index in [1.165, 1.54) is 16.8 Å². The van der Waals surface area contributed by atoms with Gasteiger partial charge in [0.15, 0.2) is 0 Å². The number of carbonyl (C=O) groups is 1. The lowest BCUT2D eigenvalue weighted by Gasteiger charge is -2.34. The van der Waals surface area contributed by atoms with Crippen LogP contribution in [0.3, 0.4) is 0 Å². The van der Waals surface area contributed by atoms with E-state index in [9.17, 15) is 13.6 Å². The van der Waals surface area contributed by atoms with Crippen LogP contribution < -0.4 is 10.7 Å². The number of nitrogens with zero attached hydrogens (tertiary/aromatic N) is 4. The normalized spacial score (nSPS) is 17.8. The fourth-order valence-electron chi connectivity index (χ4n) is 3.46. The van der Waals surface area contributed by atoms with E-state index in [1.54, 1.807) is 6.92 Å². The van der Waals surface area contributed by atoms with Gasteiger partial charge in [-0.1, -0.05) is 52.3 Å². The number of carbonyl (C=O) groups excluding carboxylic acids is 1. The number of esters is 1. The van der Waals surface area contributed by atoms with E-state index in [4.69, 9.17) is 14.9 Å². The van der Waals surface area contributed by atoms with Crippen molar-refractivity contribution in [2.75, 3.05) is 18.2 Å². The molecule has 11 heteroatoms. The highest BCUT2D eigenvalue weighted by Crippen LogP contribution is 2.51.